The first-order chi connectivity index (χ1) is 13.1. The molecule has 0 aliphatic rings. The maximum Gasteiger partial charge on any atom is 0.416 e. The maximum absolute atomic E-state index is 12.7. The number of amides is 2. The Hall–Kier alpha value is -3.09. The van der Waals surface area contributed by atoms with E-state index in [-0.39, 0.29) is 18.0 Å². The highest BCUT2D eigenvalue weighted by atomic mass is 19.4. The third-order valence-corrected chi connectivity index (χ3v) is 4.27. The molecule has 0 aromatic heterocycles. The third kappa shape index (κ3) is 5.70. The summed E-state index contributed by atoms with van der Waals surface area (Å²) in [7, 11) is 1.45. The van der Waals surface area contributed by atoms with Gasteiger partial charge in [-0.1, -0.05) is 24.3 Å². The second kappa shape index (κ2) is 8.73. The number of aryl methyl sites for hydroxylation is 1. The number of benzene rings is 2. The molecule has 0 heterocycles. The zero-order chi connectivity index (χ0) is 20.9. The summed E-state index contributed by atoms with van der Waals surface area (Å²) in [6, 6.07) is 10.2. The Kier molecular flexibility index (Phi) is 6.62. The molecule has 2 aromatic carbocycles. The molecule has 2 rings (SSSR count). The SMILES string of the molecule is Cc1cccc(NC(=O)CN(C)C(=O)/C=C/c2cccc(C(F)(F)F)c2)c1C. The van der Waals surface area contributed by atoms with Crippen LogP contribution in [0, 0.1) is 13.8 Å². The lowest BCUT2D eigenvalue weighted by atomic mass is 10.1. The summed E-state index contributed by atoms with van der Waals surface area (Å²) in [4.78, 5) is 25.5. The fourth-order valence-corrected chi connectivity index (χ4v) is 2.48. The van der Waals surface area contributed by atoms with Gasteiger partial charge in [-0.05, 0) is 54.8 Å². The largest absolute Gasteiger partial charge is 0.416 e. The minimum Gasteiger partial charge on any atom is -0.333 e. The molecule has 0 atom stereocenters. The number of nitrogens with zero attached hydrogens (tertiary/aromatic N) is 1. The van der Waals surface area contributed by atoms with Gasteiger partial charge in [0.15, 0.2) is 0 Å². The summed E-state index contributed by atoms with van der Waals surface area (Å²) in [6.45, 7) is 3.63. The monoisotopic (exact) mass is 390 g/mol. The van der Waals surface area contributed by atoms with Gasteiger partial charge in [0.05, 0.1) is 12.1 Å². The first-order valence-corrected chi connectivity index (χ1v) is 8.54. The van der Waals surface area contributed by atoms with Crippen molar-refractivity contribution < 1.29 is 22.8 Å². The standard InChI is InChI=1S/C21H21F3N2O2/c1-14-6-4-9-18(15(14)2)25-19(27)13-26(3)20(28)11-10-16-7-5-8-17(12-16)21(22,23)24/h4-12H,13H2,1-3H3,(H,25,27)/b11-10+. The second-order valence-electron chi connectivity index (χ2n) is 6.45. The Bertz CT molecular complexity index is 905. The topological polar surface area (TPSA) is 49.4 Å². The van der Waals surface area contributed by atoms with Gasteiger partial charge >= 0.3 is 6.18 Å². The molecule has 1 N–H and O–H groups in total. The van der Waals surface area contributed by atoms with Crippen molar-refractivity contribution in [2.24, 2.45) is 0 Å². The van der Waals surface area contributed by atoms with Gasteiger partial charge in [0.25, 0.3) is 0 Å². The molecule has 2 aromatic rings. The zero-order valence-electron chi connectivity index (χ0n) is 15.8. The number of rotatable bonds is 5. The summed E-state index contributed by atoms with van der Waals surface area (Å²) < 4.78 is 38.2. The molecule has 2 amide bonds. The molecule has 0 saturated carbocycles. The smallest absolute Gasteiger partial charge is 0.333 e. The first-order valence-electron chi connectivity index (χ1n) is 8.54. The first kappa shape index (κ1) is 21.2. The number of hydrogen-bond acceptors (Lipinski definition) is 2. The van der Waals surface area contributed by atoms with Crippen molar-refractivity contribution in [3.63, 3.8) is 0 Å². The molecule has 7 heteroatoms. The zero-order valence-corrected chi connectivity index (χ0v) is 15.8. The molecule has 0 fully saturated rings. The van der Waals surface area contributed by atoms with Crippen molar-refractivity contribution in [1.82, 2.24) is 4.90 Å². The number of nitrogens with one attached hydrogen (secondary N) is 1. The summed E-state index contributed by atoms with van der Waals surface area (Å²) in [5.74, 6) is -0.856. The Morgan fingerprint density at radius 3 is 2.46 bits per heavy atom. The van der Waals surface area contributed by atoms with Crippen LogP contribution in [0.25, 0.3) is 6.08 Å². The molecule has 0 unspecified atom stereocenters. The predicted octanol–water partition coefficient (Wildman–Crippen LogP) is 4.43. The highest BCUT2D eigenvalue weighted by Gasteiger charge is 2.30. The van der Waals surface area contributed by atoms with Crippen molar-refractivity contribution >= 4 is 23.6 Å². The Balaban J connectivity index is 1.98. The number of likely N-dealkylation sites (N-methyl/N-ethyl adjacent to an activating group) is 1. The molecule has 0 bridgehead atoms. The third-order valence-electron chi connectivity index (χ3n) is 4.27. The van der Waals surface area contributed by atoms with Gasteiger partial charge in [0, 0.05) is 18.8 Å². The minimum atomic E-state index is -4.45. The lowest BCUT2D eigenvalue weighted by Crippen LogP contribution is -2.34. The second-order valence-corrected chi connectivity index (χ2v) is 6.45. The van der Waals surface area contributed by atoms with Crippen LogP contribution in [0.1, 0.15) is 22.3 Å². The number of carbonyl (C=O) groups is 2. The normalized spacial score (nSPS) is 11.5. The average Bonchev–Trinajstić information content (AvgIpc) is 2.63. The molecular weight excluding hydrogens is 369 g/mol. The van der Waals surface area contributed by atoms with Crippen molar-refractivity contribution in [1.29, 1.82) is 0 Å². The Labute approximate surface area is 161 Å². The van der Waals surface area contributed by atoms with Crippen LogP contribution in [-0.4, -0.2) is 30.3 Å². The van der Waals surface area contributed by atoms with Gasteiger partial charge in [-0.2, -0.15) is 13.2 Å². The number of anilines is 1. The molecule has 0 aliphatic carbocycles. The lowest BCUT2D eigenvalue weighted by molar-refractivity contribution is -0.137. The summed E-state index contributed by atoms with van der Waals surface area (Å²) in [5.41, 5.74) is 2.10. The van der Waals surface area contributed by atoms with E-state index < -0.39 is 17.6 Å². The van der Waals surface area contributed by atoms with Crippen LogP contribution >= 0.6 is 0 Å². The lowest BCUT2D eigenvalue weighted by Gasteiger charge is -2.16. The van der Waals surface area contributed by atoms with Crippen LogP contribution in [0.4, 0.5) is 18.9 Å². The van der Waals surface area contributed by atoms with Gasteiger partial charge in [0.1, 0.15) is 0 Å². The van der Waals surface area contributed by atoms with Crippen molar-refractivity contribution in [2.75, 3.05) is 18.9 Å². The molecular formula is C21H21F3N2O2. The summed E-state index contributed by atoms with van der Waals surface area (Å²) in [5, 5.41) is 2.75. The van der Waals surface area contributed by atoms with Crippen LogP contribution in [0.3, 0.4) is 0 Å². The van der Waals surface area contributed by atoms with Crippen LogP contribution in [0.15, 0.2) is 48.5 Å². The van der Waals surface area contributed by atoms with Crippen LogP contribution < -0.4 is 5.32 Å². The highest BCUT2D eigenvalue weighted by molar-refractivity contribution is 5.98. The van der Waals surface area contributed by atoms with Crippen LogP contribution in [-0.2, 0) is 15.8 Å². The Morgan fingerprint density at radius 2 is 1.79 bits per heavy atom. The van der Waals surface area contributed by atoms with Crippen LogP contribution in [0.2, 0.25) is 0 Å². The van der Waals surface area contributed by atoms with E-state index >= 15 is 0 Å². The summed E-state index contributed by atoms with van der Waals surface area (Å²) >= 11 is 0. The number of hydrogen-bond donors (Lipinski definition) is 1. The van der Waals surface area contributed by atoms with E-state index in [1.807, 2.05) is 26.0 Å². The fraction of sp³-hybridized carbons (Fsp3) is 0.238. The van der Waals surface area contributed by atoms with E-state index in [2.05, 4.69) is 5.32 Å². The van der Waals surface area contributed by atoms with Gasteiger partial charge in [0.2, 0.25) is 11.8 Å². The van der Waals surface area contributed by atoms with E-state index in [0.717, 1.165) is 29.3 Å². The molecule has 148 valence electrons. The van der Waals surface area contributed by atoms with E-state index in [1.165, 1.54) is 30.2 Å². The van der Waals surface area contributed by atoms with E-state index in [9.17, 15) is 22.8 Å². The molecule has 0 spiro atoms. The molecule has 4 nitrogen and oxygen atoms in total. The van der Waals surface area contributed by atoms with Gasteiger partial charge in [-0.3, -0.25) is 9.59 Å². The van der Waals surface area contributed by atoms with E-state index in [4.69, 9.17) is 0 Å². The average molecular weight is 390 g/mol. The molecule has 0 radical (unpaired) electrons. The van der Waals surface area contributed by atoms with E-state index in [1.54, 1.807) is 6.07 Å². The van der Waals surface area contributed by atoms with Crippen molar-refractivity contribution in [3.05, 3.63) is 70.8 Å². The van der Waals surface area contributed by atoms with Gasteiger partial charge in [-0.15, -0.1) is 0 Å². The van der Waals surface area contributed by atoms with Crippen molar-refractivity contribution in [3.8, 4) is 0 Å². The van der Waals surface area contributed by atoms with Gasteiger partial charge in [-0.25, -0.2) is 0 Å². The fourth-order valence-electron chi connectivity index (χ4n) is 2.48. The minimum absolute atomic E-state index is 0.181. The highest BCUT2D eigenvalue weighted by Crippen LogP contribution is 2.29. The number of alkyl halides is 3. The predicted molar refractivity (Wildman–Crippen MR) is 103 cm³/mol. The molecule has 28 heavy (non-hydrogen) atoms. The molecule has 0 aliphatic heterocycles. The van der Waals surface area contributed by atoms with Crippen molar-refractivity contribution in [2.45, 2.75) is 20.0 Å². The molecule has 0 saturated heterocycles. The number of carbonyl (C=O) groups excluding carboxylic acids is 2. The van der Waals surface area contributed by atoms with Crippen LogP contribution in [0.5, 0.6) is 0 Å². The quantitative estimate of drug-likeness (QED) is 0.768. The Morgan fingerprint density at radius 1 is 1.11 bits per heavy atom. The summed E-state index contributed by atoms with van der Waals surface area (Å²) in [6.07, 6.45) is -2.02. The van der Waals surface area contributed by atoms with E-state index in [0.29, 0.717) is 5.69 Å². The number of halogens is 3. The van der Waals surface area contributed by atoms with Gasteiger partial charge < -0.3 is 10.2 Å². The maximum atomic E-state index is 12.7.